The zero-order valence-corrected chi connectivity index (χ0v) is 18.3. The minimum absolute atomic E-state index is 0.127. The van der Waals surface area contributed by atoms with Crippen LogP contribution in [0.25, 0.3) is 10.6 Å². The van der Waals surface area contributed by atoms with Crippen molar-refractivity contribution in [3.63, 3.8) is 0 Å². The fourth-order valence-corrected chi connectivity index (χ4v) is 4.30. The van der Waals surface area contributed by atoms with Crippen molar-refractivity contribution in [3.05, 3.63) is 59.6 Å². The van der Waals surface area contributed by atoms with Crippen LogP contribution in [0.2, 0.25) is 0 Å². The fraction of sp³-hybridized carbons (Fsp3) is 0.238. The van der Waals surface area contributed by atoms with Gasteiger partial charge in [0.2, 0.25) is 0 Å². The Morgan fingerprint density at radius 1 is 1.07 bits per heavy atom. The van der Waals surface area contributed by atoms with Crippen molar-refractivity contribution in [1.82, 2.24) is 4.98 Å². The van der Waals surface area contributed by atoms with Crippen LogP contribution in [0.1, 0.15) is 24.3 Å². The molecule has 29 heavy (non-hydrogen) atoms. The van der Waals surface area contributed by atoms with Gasteiger partial charge in [-0.15, -0.1) is 11.3 Å². The first-order valence-electron chi connectivity index (χ1n) is 8.94. The molecule has 0 saturated carbocycles. The highest BCUT2D eigenvalue weighted by Crippen LogP contribution is 2.28. The lowest BCUT2D eigenvalue weighted by Gasteiger charge is -2.26. The summed E-state index contributed by atoms with van der Waals surface area (Å²) >= 11 is 1.40. The molecule has 0 N–H and O–H groups in total. The van der Waals surface area contributed by atoms with E-state index < -0.39 is 9.84 Å². The molecular weight excluding hydrogens is 408 g/mol. The zero-order valence-electron chi connectivity index (χ0n) is 16.6. The molecule has 2 aromatic carbocycles. The summed E-state index contributed by atoms with van der Waals surface area (Å²) in [7, 11) is -1.68. The minimum Gasteiger partial charge on any atom is -0.497 e. The fourth-order valence-electron chi connectivity index (χ4n) is 2.87. The Balaban J connectivity index is 1.89. The third-order valence-corrected chi connectivity index (χ3v) is 6.36. The Morgan fingerprint density at radius 2 is 1.69 bits per heavy atom. The summed E-state index contributed by atoms with van der Waals surface area (Å²) in [5, 5.41) is 2.48. The predicted molar refractivity (Wildman–Crippen MR) is 116 cm³/mol. The van der Waals surface area contributed by atoms with E-state index in [2.05, 4.69) is 4.98 Å². The van der Waals surface area contributed by atoms with E-state index in [1.54, 1.807) is 29.5 Å². The smallest absolute Gasteiger partial charge is 0.277 e. The molecule has 0 aliphatic carbocycles. The quantitative estimate of drug-likeness (QED) is 0.583. The molecule has 0 saturated heterocycles. The van der Waals surface area contributed by atoms with Gasteiger partial charge in [-0.25, -0.2) is 13.4 Å². The summed E-state index contributed by atoms with van der Waals surface area (Å²) < 4.78 is 28.5. The maximum Gasteiger partial charge on any atom is 0.277 e. The number of rotatable bonds is 6. The lowest BCUT2D eigenvalue weighted by molar-refractivity contribution is 0.0976. The van der Waals surface area contributed by atoms with Gasteiger partial charge in [-0.1, -0.05) is 0 Å². The molecule has 8 heteroatoms. The number of amides is 1. The first-order chi connectivity index (χ1) is 13.7. The third kappa shape index (κ3) is 4.65. The van der Waals surface area contributed by atoms with E-state index in [9.17, 15) is 13.2 Å². The van der Waals surface area contributed by atoms with Gasteiger partial charge in [0.1, 0.15) is 16.5 Å². The van der Waals surface area contributed by atoms with Crippen LogP contribution in [0.5, 0.6) is 5.75 Å². The number of hydrogen-bond donors (Lipinski definition) is 0. The maximum absolute atomic E-state index is 13.1. The number of hydrogen-bond acceptors (Lipinski definition) is 6. The largest absolute Gasteiger partial charge is 0.497 e. The minimum atomic E-state index is -3.29. The SMILES string of the molecule is COc1ccc(-c2nc(C(=O)N(c3ccc(S(C)(=O)=O)cc3)C(C)C)cs2)cc1. The topological polar surface area (TPSA) is 76.6 Å². The number of thiazole rings is 1. The lowest BCUT2D eigenvalue weighted by atomic mass is 10.2. The van der Waals surface area contributed by atoms with Gasteiger partial charge in [0, 0.05) is 28.9 Å². The summed E-state index contributed by atoms with van der Waals surface area (Å²) in [6.07, 6.45) is 1.16. The van der Waals surface area contributed by atoms with Crippen molar-refractivity contribution >= 4 is 32.8 Å². The van der Waals surface area contributed by atoms with E-state index in [0.717, 1.165) is 22.6 Å². The van der Waals surface area contributed by atoms with Crippen LogP contribution in [-0.2, 0) is 9.84 Å². The van der Waals surface area contributed by atoms with Crippen LogP contribution < -0.4 is 9.64 Å². The molecule has 152 valence electrons. The molecule has 6 nitrogen and oxygen atoms in total. The number of nitrogens with zero attached hydrogens (tertiary/aromatic N) is 2. The number of aromatic nitrogens is 1. The molecule has 0 aliphatic rings. The van der Waals surface area contributed by atoms with Crippen molar-refractivity contribution in [1.29, 1.82) is 0 Å². The number of sulfone groups is 1. The highest BCUT2D eigenvalue weighted by Gasteiger charge is 2.23. The Hall–Kier alpha value is -2.71. The van der Waals surface area contributed by atoms with Crippen LogP contribution in [-0.4, -0.2) is 38.7 Å². The monoisotopic (exact) mass is 430 g/mol. The highest BCUT2D eigenvalue weighted by molar-refractivity contribution is 7.90. The first kappa shape index (κ1) is 21.0. The average Bonchev–Trinajstić information content (AvgIpc) is 3.18. The normalized spacial score (nSPS) is 11.5. The van der Waals surface area contributed by atoms with E-state index in [1.165, 1.54) is 23.5 Å². The Bertz CT molecular complexity index is 1100. The van der Waals surface area contributed by atoms with Gasteiger partial charge >= 0.3 is 0 Å². The number of anilines is 1. The van der Waals surface area contributed by atoms with E-state index in [-0.39, 0.29) is 16.8 Å². The van der Waals surface area contributed by atoms with E-state index >= 15 is 0 Å². The van der Waals surface area contributed by atoms with Gasteiger partial charge in [0.25, 0.3) is 5.91 Å². The number of carbonyl (C=O) groups excluding carboxylic acids is 1. The van der Waals surface area contributed by atoms with Crippen molar-refractivity contribution in [2.45, 2.75) is 24.8 Å². The number of carbonyl (C=O) groups is 1. The van der Waals surface area contributed by atoms with Crippen molar-refractivity contribution in [2.75, 3.05) is 18.3 Å². The van der Waals surface area contributed by atoms with Gasteiger partial charge in [-0.2, -0.15) is 0 Å². The zero-order chi connectivity index (χ0) is 21.2. The van der Waals surface area contributed by atoms with Crippen molar-refractivity contribution in [3.8, 4) is 16.3 Å². The molecule has 0 aliphatic heterocycles. The maximum atomic E-state index is 13.1. The van der Waals surface area contributed by atoms with E-state index in [4.69, 9.17) is 4.74 Å². The second kappa shape index (κ2) is 8.34. The second-order valence-electron chi connectivity index (χ2n) is 6.80. The predicted octanol–water partition coefficient (Wildman–Crippen LogP) is 4.28. The highest BCUT2D eigenvalue weighted by atomic mass is 32.2. The van der Waals surface area contributed by atoms with E-state index in [0.29, 0.717) is 11.4 Å². The standard InChI is InChI=1S/C21H22N2O4S2/c1-14(2)23(16-7-11-18(12-8-16)29(4,25)26)21(24)19-13-28-20(22-19)15-5-9-17(27-3)10-6-15/h5-14H,1-4H3. The summed E-state index contributed by atoms with van der Waals surface area (Å²) in [5.74, 6) is 0.522. The van der Waals surface area contributed by atoms with Crippen LogP contribution >= 0.6 is 11.3 Å². The van der Waals surface area contributed by atoms with Gasteiger partial charge in [-0.3, -0.25) is 4.79 Å². The van der Waals surface area contributed by atoms with Crippen molar-refractivity contribution < 1.29 is 17.9 Å². The van der Waals surface area contributed by atoms with Gasteiger partial charge in [-0.05, 0) is 62.4 Å². The summed E-state index contributed by atoms with van der Waals surface area (Å²) in [6.45, 7) is 3.80. The molecule has 0 spiro atoms. The molecule has 0 atom stereocenters. The molecule has 1 aromatic heterocycles. The Morgan fingerprint density at radius 3 is 2.21 bits per heavy atom. The van der Waals surface area contributed by atoms with Crippen LogP contribution in [0.4, 0.5) is 5.69 Å². The number of methoxy groups -OCH3 is 1. The molecule has 3 aromatic rings. The molecule has 1 heterocycles. The lowest BCUT2D eigenvalue weighted by Crippen LogP contribution is -2.37. The number of benzene rings is 2. The van der Waals surface area contributed by atoms with Crippen molar-refractivity contribution in [2.24, 2.45) is 0 Å². The average molecular weight is 431 g/mol. The molecule has 0 bridgehead atoms. The Kier molecular flexibility index (Phi) is 6.04. The second-order valence-corrected chi connectivity index (χ2v) is 9.68. The molecule has 3 rings (SSSR count). The summed E-state index contributed by atoms with van der Waals surface area (Å²) in [5.41, 5.74) is 1.88. The molecular formula is C21H22N2O4S2. The van der Waals surface area contributed by atoms with Gasteiger partial charge in [0.05, 0.1) is 12.0 Å². The summed E-state index contributed by atoms with van der Waals surface area (Å²) in [6, 6.07) is 13.7. The molecule has 0 fully saturated rings. The van der Waals surface area contributed by atoms with Crippen LogP contribution in [0.3, 0.4) is 0 Å². The van der Waals surface area contributed by atoms with Gasteiger partial charge in [0.15, 0.2) is 9.84 Å². The van der Waals surface area contributed by atoms with E-state index in [1.807, 2.05) is 38.1 Å². The molecule has 0 unspecified atom stereocenters. The molecule has 1 amide bonds. The van der Waals surface area contributed by atoms with Crippen LogP contribution in [0, 0.1) is 0 Å². The third-order valence-electron chi connectivity index (χ3n) is 4.34. The van der Waals surface area contributed by atoms with Crippen LogP contribution in [0.15, 0.2) is 58.8 Å². The first-order valence-corrected chi connectivity index (χ1v) is 11.7. The number of ether oxygens (including phenoxy) is 1. The summed E-state index contributed by atoms with van der Waals surface area (Å²) in [4.78, 5) is 19.5. The van der Waals surface area contributed by atoms with Gasteiger partial charge < -0.3 is 9.64 Å². The molecule has 0 radical (unpaired) electrons. The Labute approximate surface area is 174 Å².